The van der Waals surface area contributed by atoms with Gasteiger partial charge >= 0.3 is 0 Å². The van der Waals surface area contributed by atoms with Gasteiger partial charge < -0.3 is 10.6 Å². The number of piperidine rings is 1. The minimum atomic E-state index is 0.702. The molecular weight excluding hydrogens is 244 g/mol. The lowest BCUT2D eigenvalue weighted by Gasteiger charge is -2.45. The van der Waals surface area contributed by atoms with E-state index in [1.807, 2.05) is 12.1 Å². The molecule has 3 rings (SSSR count). The molecule has 1 aliphatic carbocycles. The first-order valence-corrected chi connectivity index (χ1v) is 7.45. The zero-order valence-electron chi connectivity index (χ0n) is 10.7. The van der Waals surface area contributed by atoms with E-state index in [9.17, 15) is 0 Å². The summed E-state index contributed by atoms with van der Waals surface area (Å²) in [6, 6.07) is 6.64. The van der Waals surface area contributed by atoms with Gasteiger partial charge in [-0.05, 0) is 49.8 Å². The largest absolute Gasteiger partial charge is 0.399 e. The Kier molecular flexibility index (Phi) is 3.38. The van der Waals surface area contributed by atoms with E-state index in [4.69, 9.17) is 17.3 Å². The van der Waals surface area contributed by atoms with Crippen LogP contribution in [0.2, 0.25) is 5.02 Å². The SMILES string of the molecule is Nc1ccc(N2CCCC3CCCCC32)c(Cl)c1. The van der Waals surface area contributed by atoms with Crippen molar-refractivity contribution in [1.82, 2.24) is 0 Å². The fourth-order valence-corrected chi connectivity index (χ4v) is 3.98. The Hall–Kier alpha value is -0.890. The molecule has 1 heterocycles. The molecule has 2 atom stereocenters. The maximum absolute atomic E-state index is 6.37. The molecule has 1 saturated heterocycles. The molecule has 0 radical (unpaired) electrons. The molecule has 2 fully saturated rings. The van der Waals surface area contributed by atoms with Crippen LogP contribution in [0.3, 0.4) is 0 Å². The lowest BCUT2D eigenvalue weighted by atomic mass is 9.78. The number of nitrogens with two attached hydrogens (primary N) is 1. The number of halogens is 1. The highest BCUT2D eigenvalue weighted by molar-refractivity contribution is 6.33. The van der Waals surface area contributed by atoms with Crippen LogP contribution in [0.1, 0.15) is 38.5 Å². The van der Waals surface area contributed by atoms with E-state index >= 15 is 0 Å². The third-order valence-corrected chi connectivity index (χ3v) is 4.83. The van der Waals surface area contributed by atoms with Crippen molar-refractivity contribution in [3.05, 3.63) is 23.2 Å². The van der Waals surface area contributed by atoms with Gasteiger partial charge in [0, 0.05) is 18.3 Å². The van der Waals surface area contributed by atoms with E-state index in [-0.39, 0.29) is 0 Å². The predicted molar refractivity (Wildman–Crippen MR) is 78.2 cm³/mol. The topological polar surface area (TPSA) is 29.3 Å². The van der Waals surface area contributed by atoms with E-state index < -0.39 is 0 Å². The van der Waals surface area contributed by atoms with Crippen molar-refractivity contribution in [3.63, 3.8) is 0 Å². The molecule has 2 aliphatic rings. The summed E-state index contributed by atoms with van der Waals surface area (Å²) in [5.74, 6) is 0.876. The highest BCUT2D eigenvalue weighted by atomic mass is 35.5. The van der Waals surface area contributed by atoms with Gasteiger partial charge in [0.2, 0.25) is 0 Å². The smallest absolute Gasteiger partial charge is 0.0660 e. The van der Waals surface area contributed by atoms with Gasteiger partial charge in [0.1, 0.15) is 0 Å². The van der Waals surface area contributed by atoms with E-state index in [1.54, 1.807) is 0 Å². The summed E-state index contributed by atoms with van der Waals surface area (Å²) in [5, 5.41) is 0.807. The quantitative estimate of drug-likeness (QED) is 0.775. The van der Waals surface area contributed by atoms with E-state index in [1.165, 1.54) is 44.2 Å². The molecule has 1 saturated carbocycles. The number of fused-ring (bicyclic) bond motifs is 1. The van der Waals surface area contributed by atoms with E-state index in [0.717, 1.165) is 23.2 Å². The van der Waals surface area contributed by atoms with Gasteiger partial charge in [0.05, 0.1) is 10.7 Å². The first-order valence-electron chi connectivity index (χ1n) is 7.07. The fraction of sp³-hybridized carbons (Fsp3) is 0.600. The Morgan fingerprint density at radius 2 is 1.89 bits per heavy atom. The molecule has 0 bridgehead atoms. The van der Waals surface area contributed by atoms with Gasteiger partial charge in [-0.3, -0.25) is 0 Å². The van der Waals surface area contributed by atoms with Gasteiger partial charge in [-0.1, -0.05) is 24.4 Å². The summed E-state index contributed by atoms with van der Waals surface area (Å²) in [4.78, 5) is 2.54. The molecule has 2 N–H and O–H groups in total. The van der Waals surface area contributed by atoms with Crippen LogP contribution in [0.5, 0.6) is 0 Å². The van der Waals surface area contributed by atoms with Gasteiger partial charge in [-0.2, -0.15) is 0 Å². The van der Waals surface area contributed by atoms with Crippen molar-refractivity contribution >= 4 is 23.0 Å². The van der Waals surface area contributed by atoms with Crippen molar-refractivity contribution in [2.45, 2.75) is 44.6 Å². The molecule has 0 spiro atoms. The van der Waals surface area contributed by atoms with E-state index in [0.29, 0.717) is 6.04 Å². The molecular formula is C15H21ClN2. The zero-order valence-corrected chi connectivity index (χ0v) is 11.5. The second-order valence-corrected chi connectivity index (χ2v) is 6.07. The van der Waals surface area contributed by atoms with Gasteiger partial charge in [-0.25, -0.2) is 0 Å². The molecule has 0 aromatic heterocycles. The van der Waals surface area contributed by atoms with Crippen molar-refractivity contribution in [2.24, 2.45) is 5.92 Å². The number of nitrogens with zero attached hydrogens (tertiary/aromatic N) is 1. The Labute approximate surface area is 114 Å². The van der Waals surface area contributed by atoms with Crippen LogP contribution in [-0.4, -0.2) is 12.6 Å². The first-order chi connectivity index (χ1) is 8.75. The predicted octanol–water partition coefficient (Wildman–Crippen LogP) is 4.08. The van der Waals surface area contributed by atoms with Crippen LogP contribution >= 0.6 is 11.6 Å². The third kappa shape index (κ3) is 2.18. The maximum Gasteiger partial charge on any atom is 0.0660 e. The second kappa shape index (κ2) is 5.00. The minimum Gasteiger partial charge on any atom is -0.399 e. The van der Waals surface area contributed by atoms with Crippen molar-refractivity contribution < 1.29 is 0 Å². The van der Waals surface area contributed by atoms with Crippen LogP contribution in [0, 0.1) is 5.92 Å². The Morgan fingerprint density at radius 1 is 1.11 bits per heavy atom. The molecule has 18 heavy (non-hydrogen) atoms. The zero-order chi connectivity index (χ0) is 12.5. The highest BCUT2D eigenvalue weighted by Gasteiger charge is 2.33. The molecule has 1 aliphatic heterocycles. The summed E-state index contributed by atoms with van der Waals surface area (Å²) >= 11 is 6.37. The number of hydrogen-bond acceptors (Lipinski definition) is 2. The number of hydrogen-bond donors (Lipinski definition) is 1. The molecule has 1 aromatic rings. The number of rotatable bonds is 1. The molecule has 1 aromatic carbocycles. The number of nitrogen functional groups attached to an aromatic ring is 1. The van der Waals surface area contributed by atoms with Crippen LogP contribution in [0.15, 0.2) is 18.2 Å². The fourth-order valence-electron chi connectivity index (χ4n) is 3.68. The van der Waals surface area contributed by atoms with Gasteiger partial charge in [0.25, 0.3) is 0 Å². The molecule has 98 valence electrons. The van der Waals surface area contributed by atoms with Crippen molar-refractivity contribution in [3.8, 4) is 0 Å². The van der Waals surface area contributed by atoms with Gasteiger partial charge in [0.15, 0.2) is 0 Å². The Bertz CT molecular complexity index is 431. The van der Waals surface area contributed by atoms with Crippen LogP contribution in [0.25, 0.3) is 0 Å². The molecule has 2 unspecified atom stereocenters. The number of benzene rings is 1. The first kappa shape index (κ1) is 12.2. The summed E-state index contributed by atoms with van der Waals surface area (Å²) in [6.07, 6.45) is 8.18. The second-order valence-electron chi connectivity index (χ2n) is 5.66. The lowest BCUT2D eigenvalue weighted by molar-refractivity contribution is 0.244. The Morgan fingerprint density at radius 3 is 2.72 bits per heavy atom. The molecule has 2 nitrogen and oxygen atoms in total. The number of anilines is 2. The molecule has 3 heteroatoms. The van der Waals surface area contributed by atoms with Crippen LogP contribution < -0.4 is 10.6 Å². The lowest BCUT2D eigenvalue weighted by Crippen LogP contribution is -2.47. The monoisotopic (exact) mass is 264 g/mol. The maximum atomic E-state index is 6.37. The third-order valence-electron chi connectivity index (χ3n) is 4.52. The Balaban J connectivity index is 1.89. The van der Waals surface area contributed by atoms with Crippen LogP contribution in [0.4, 0.5) is 11.4 Å². The van der Waals surface area contributed by atoms with Crippen molar-refractivity contribution in [1.29, 1.82) is 0 Å². The normalized spacial score (nSPS) is 27.9. The van der Waals surface area contributed by atoms with Crippen molar-refractivity contribution in [2.75, 3.05) is 17.2 Å². The van der Waals surface area contributed by atoms with Crippen LogP contribution in [-0.2, 0) is 0 Å². The average Bonchev–Trinajstić information content (AvgIpc) is 2.38. The summed E-state index contributed by atoms with van der Waals surface area (Å²) in [5.41, 5.74) is 7.72. The molecule has 0 amide bonds. The van der Waals surface area contributed by atoms with Gasteiger partial charge in [-0.15, -0.1) is 0 Å². The average molecular weight is 265 g/mol. The summed E-state index contributed by atoms with van der Waals surface area (Å²) in [7, 11) is 0. The van der Waals surface area contributed by atoms with E-state index in [2.05, 4.69) is 11.0 Å². The standard InChI is InChI=1S/C15H21ClN2/c16-13-10-12(17)7-8-15(13)18-9-3-5-11-4-1-2-6-14(11)18/h7-8,10-11,14H,1-6,9,17H2. The summed E-state index contributed by atoms with van der Waals surface area (Å²) in [6.45, 7) is 1.14. The minimum absolute atomic E-state index is 0.702. The summed E-state index contributed by atoms with van der Waals surface area (Å²) < 4.78 is 0. The highest BCUT2D eigenvalue weighted by Crippen LogP contribution is 2.40.